The molecule has 2 fully saturated rings. The summed E-state index contributed by atoms with van der Waals surface area (Å²) in [7, 11) is -2.18. The lowest BCUT2D eigenvalue weighted by Crippen LogP contribution is -2.49. The average molecular weight is 292 g/mol. The first kappa shape index (κ1) is 14.4. The average Bonchev–Trinajstić information content (AvgIpc) is 2.65. The maximum atomic E-state index is 12.0. The van der Waals surface area contributed by atoms with Crippen molar-refractivity contribution in [2.24, 2.45) is 11.8 Å². The Hall–Kier alpha value is -1.03. The van der Waals surface area contributed by atoms with Crippen molar-refractivity contribution >= 4 is 22.1 Å². The molecule has 0 radical (unpaired) electrons. The Balaban J connectivity index is 2.00. The van der Waals surface area contributed by atoms with Crippen LogP contribution in [0.25, 0.3) is 0 Å². The molecule has 8 nitrogen and oxygen atoms in total. The molecule has 1 N–H and O–H groups in total. The third-order valence-electron chi connectivity index (χ3n) is 3.31. The van der Waals surface area contributed by atoms with Crippen molar-refractivity contribution in [3.8, 4) is 0 Å². The number of carbonyl (C=O) groups is 2. The summed E-state index contributed by atoms with van der Waals surface area (Å²) < 4.78 is 36.7. The number of esters is 2. The highest BCUT2D eigenvalue weighted by atomic mass is 32.2. The van der Waals surface area contributed by atoms with Gasteiger partial charge in [0, 0.05) is 26.7 Å². The van der Waals surface area contributed by atoms with Gasteiger partial charge >= 0.3 is 11.9 Å². The zero-order chi connectivity index (χ0) is 14.0. The number of nitrogens with zero attached hydrogens (tertiary/aromatic N) is 1. The van der Waals surface area contributed by atoms with E-state index in [9.17, 15) is 18.0 Å². The molecule has 2 rings (SSSR count). The van der Waals surface area contributed by atoms with Gasteiger partial charge in [0.1, 0.15) is 0 Å². The molecular weight excluding hydrogens is 276 g/mol. The number of ether oxygens (including phenoxy) is 2. The second-order valence-corrected chi connectivity index (χ2v) is 6.25. The Bertz CT molecular complexity index is 476. The van der Waals surface area contributed by atoms with Crippen molar-refractivity contribution in [3.05, 3.63) is 0 Å². The molecular formula is C10H16N2O6S. The number of hydrogen-bond donors (Lipinski definition) is 1. The van der Waals surface area contributed by atoms with E-state index in [2.05, 4.69) is 9.46 Å². The highest BCUT2D eigenvalue weighted by molar-refractivity contribution is 7.87. The van der Waals surface area contributed by atoms with Crippen LogP contribution in [0, 0.1) is 11.8 Å². The summed E-state index contributed by atoms with van der Waals surface area (Å²) >= 11 is 0. The molecule has 0 aromatic rings. The molecule has 0 spiro atoms. The van der Waals surface area contributed by atoms with Crippen molar-refractivity contribution in [1.29, 1.82) is 0 Å². The van der Waals surface area contributed by atoms with Crippen LogP contribution in [0.1, 0.15) is 6.42 Å². The van der Waals surface area contributed by atoms with Crippen LogP contribution in [0.3, 0.4) is 0 Å². The van der Waals surface area contributed by atoms with E-state index in [1.165, 1.54) is 11.4 Å². The van der Waals surface area contributed by atoms with Gasteiger partial charge in [0.25, 0.3) is 10.2 Å². The summed E-state index contributed by atoms with van der Waals surface area (Å²) in [6, 6.07) is 0. The van der Waals surface area contributed by atoms with Gasteiger partial charge in [0.15, 0.2) is 0 Å². The van der Waals surface area contributed by atoms with Gasteiger partial charge in [0.2, 0.25) is 0 Å². The van der Waals surface area contributed by atoms with Crippen LogP contribution in [0.4, 0.5) is 0 Å². The first-order valence-electron chi connectivity index (χ1n) is 5.95. The second-order valence-electron chi connectivity index (χ2n) is 4.49. The summed E-state index contributed by atoms with van der Waals surface area (Å²) in [6.07, 6.45) is 0.306. The van der Waals surface area contributed by atoms with E-state index in [-0.39, 0.29) is 26.2 Å². The molecule has 2 heterocycles. The zero-order valence-corrected chi connectivity index (χ0v) is 11.3. The van der Waals surface area contributed by atoms with Crippen LogP contribution >= 0.6 is 0 Å². The van der Waals surface area contributed by atoms with Gasteiger partial charge in [-0.3, -0.25) is 9.59 Å². The van der Waals surface area contributed by atoms with E-state index in [1.807, 2.05) is 0 Å². The molecule has 0 aromatic carbocycles. The van der Waals surface area contributed by atoms with Gasteiger partial charge in [-0.2, -0.15) is 17.4 Å². The van der Waals surface area contributed by atoms with Crippen LogP contribution in [0.5, 0.6) is 0 Å². The fraction of sp³-hybridized carbons (Fsp3) is 0.800. The largest absolute Gasteiger partial charge is 0.393 e. The third-order valence-corrected chi connectivity index (χ3v) is 4.89. The van der Waals surface area contributed by atoms with Crippen LogP contribution in [-0.2, 0) is 29.3 Å². The number of hydrogen-bond acceptors (Lipinski definition) is 6. The molecule has 2 atom stereocenters. The zero-order valence-electron chi connectivity index (χ0n) is 10.5. The molecule has 0 saturated carbocycles. The van der Waals surface area contributed by atoms with Gasteiger partial charge in [0.05, 0.1) is 18.4 Å². The van der Waals surface area contributed by atoms with Crippen LogP contribution < -0.4 is 4.72 Å². The molecule has 2 unspecified atom stereocenters. The van der Waals surface area contributed by atoms with Crippen molar-refractivity contribution in [3.63, 3.8) is 0 Å². The molecule has 2 saturated heterocycles. The quantitative estimate of drug-likeness (QED) is 0.375. The summed E-state index contributed by atoms with van der Waals surface area (Å²) in [4.78, 5) is 22.8. The van der Waals surface area contributed by atoms with Crippen LogP contribution in [0.2, 0.25) is 0 Å². The highest BCUT2D eigenvalue weighted by Crippen LogP contribution is 2.32. The van der Waals surface area contributed by atoms with Gasteiger partial charge < -0.3 is 9.47 Å². The molecule has 108 valence electrons. The monoisotopic (exact) mass is 292 g/mol. The fourth-order valence-corrected chi connectivity index (χ4v) is 3.50. The highest BCUT2D eigenvalue weighted by Gasteiger charge is 2.49. The molecule has 0 aromatic heterocycles. The Morgan fingerprint density at radius 1 is 1.37 bits per heavy atom. The molecule has 0 aliphatic carbocycles. The second kappa shape index (κ2) is 5.53. The minimum Gasteiger partial charge on any atom is -0.393 e. The van der Waals surface area contributed by atoms with E-state index < -0.39 is 34.0 Å². The molecule has 9 heteroatoms. The van der Waals surface area contributed by atoms with Gasteiger partial charge in [-0.25, -0.2) is 0 Å². The topological polar surface area (TPSA) is 102 Å². The Labute approximate surface area is 111 Å². The molecule has 0 bridgehead atoms. The lowest BCUT2D eigenvalue weighted by atomic mass is 9.89. The number of fused-ring (bicyclic) bond motifs is 1. The molecule has 19 heavy (non-hydrogen) atoms. The van der Waals surface area contributed by atoms with E-state index >= 15 is 0 Å². The predicted octanol–water partition coefficient (Wildman–Crippen LogP) is -1.51. The minimum absolute atomic E-state index is 0.0163. The standard InChI is InChI=1S/C10H16N2O6S/c1-17-5-3-11-19(15,16)12-4-2-7-8(6-12)10(14)18-9(7)13/h7-8,11H,2-6H2,1H3. The fourth-order valence-electron chi connectivity index (χ4n) is 2.28. The summed E-state index contributed by atoms with van der Waals surface area (Å²) in [5.74, 6) is -2.36. The van der Waals surface area contributed by atoms with Crippen LogP contribution in [-0.4, -0.2) is 58.0 Å². The number of nitrogens with one attached hydrogen (secondary N) is 1. The minimum atomic E-state index is -3.65. The van der Waals surface area contributed by atoms with Crippen molar-refractivity contribution in [2.75, 3.05) is 33.4 Å². The van der Waals surface area contributed by atoms with Crippen molar-refractivity contribution in [2.45, 2.75) is 6.42 Å². The van der Waals surface area contributed by atoms with Crippen LogP contribution in [0.15, 0.2) is 0 Å². The van der Waals surface area contributed by atoms with E-state index in [0.717, 1.165) is 0 Å². The van der Waals surface area contributed by atoms with Crippen molar-refractivity contribution < 1.29 is 27.5 Å². The molecule has 2 aliphatic rings. The Morgan fingerprint density at radius 3 is 2.74 bits per heavy atom. The molecule has 2 aliphatic heterocycles. The van der Waals surface area contributed by atoms with Gasteiger partial charge in [-0.05, 0) is 6.42 Å². The SMILES string of the molecule is COCCNS(=O)(=O)N1CCC2C(=O)OC(=O)C2C1. The first-order chi connectivity index (χ1) is 8.95. The number of carbonyl (C=O) groups excluding carboxylic acids is 2. The Morgan fingerprint density at radius 2 is 2.05 bits per heavy atom. The predicted molar refractivity (Wildman–Crippen MR) is 63.1 cm³/mol. The lowest BCUT2D eigenvalue weighted by Gasteiger charge is -2.30. The summed E-state index contributed by atoms with van der Waals surface area (Å²) in [5.41, 5.74) is 0. The van der Waals surface area contributed by atoms with Crippen molar-refractivity contribution in [1.82, 2.24) is 9.03 Å². The maximum absolute atomic E-state index is 12.0. The normalized spacial score (nSPS) is 28.3. The van der Waals surface area contributed by atoms with Gasteiger partial charge in [-0.1, -0.05) is 0 Å². The number of cyclic esters (lactones) is 2. The summed E-state index contributed by atoms with van der Waals surface area (Å²) in [6.45, 7) is 0.607. The third kappa shape index (κ3) is 2.94. The van der Waals surface area contributed by atoms with Gasteiger partial charge in [-0.15, -0.1) is 0 Å². The molecule has 0 amide bonds. The number of methoxy groups -OCH3 is 1. The van der Waals surface area contributed by atoms with E-state index in [0.29, 0.717) is 6.42 Å². The Kier molecular flexibility index (Phi) is 4.19. The number of rotatable bonds is 5. The smallest absolute Gasteiger partial charge is 0.318 e. The van der Waals surface area contributed by atoms with E-state index in [4.69, 9.17) is 4.74 Å². The number of piperidine rings is 1. The first-order valence-corrected chi connectivity index (χ1v) is 7.39. The maximum Gasteiger partial charge on any atom is 0.318 e. The lowest BCUT2D eigenvalue weighted by molar-refractivity contribution is -0.153. The summed E-state index contributed by atoms with van der Waals surface area (Å²) in [5, 5.41) is 0. The van der Waals surface area contributed by atoms with E-state index in [1.54, 1.807) is 0 Å².